The highest BCUT2D eigenvalue weighted by molar-refractivity contribution is 5.91. The van der Waals surface area contributed by atoms with Gasteiger partial charge >= 0.3 is 0 Å². The van der Waals surface area contributed by atoms with Crippen molar-refractivity contribution >= 4 is 23.7 Å². The van der Waals surface area contributed by atoms with Crippen LogP contribution in [0.5, 0.6) is 0 Å². The third-order valence-corrected chi connectivity index (χ3v) is 10.3. The lowest BCUT2D eigenvalue weighted by atomic mass is 9.83. The molecule has 6 atom stereocenters. The highest BCUT2D eigenvalue weighted by Gasteiger charge is 2.55. The van der Waals surface area contributed by atoms with Gasteiger partial charge in [-0.1, -0.05) is 43.5 Å². The molecule has 0 radical (unpaired) electrons. The molecule has 43 heavy (non-hydrogen) atoms. The molecule has 0 spiro atoms. The van der Waals surface area contributed by atoms with Gasteiger partial charge in [0.15, 0.2) is 0 Å². The van der Waals surface area contributed by atoms with Gasteiger partial charge in [0.05, 0.1) is 30.1 Å². The van der Waals surface area contributed by atoms with Gasteiger partial charge in [-0.05, 0) is 75.6 Å². The number of anilines is 1. The molecule has 4 aliphatic rings. The molecule has 1 saturated carbocycles. The van der Waals surface area contributed by atoms with Crippen molar-refractivity contribution in [3.63, 3.8) is 0 Å². The SMILES string of the molecule is CN[C@@H](C)C(=O)N[C@H](C(=O)N1CC[C@@H]2[C@H]1[C@@H](C(=O)NC1CCCc3ccccc31)CN2c1ncccn1)C1CCCCC1. The molecule has 2 saturated heterocycles. The summed E-state index contributed by atoms with van der Waals surface area (Å²) in [7, 11) is 1.75. The van der Waals surface area contributed by atoms with E-state index < -0.39 is 18.0 Å². The van der Waals surface area contributed by atoms with E-state index in [2.05, 4.69) is 49.0 Å². The molecule has 2 aliphatic carbocycles. The van der Waals surface area contributed by atoms with E-state index in [9.17, 15) is 14.4 Å². The Morgan fingerprint density at radius 1 is 0.953 bits per heavy atom. The second kappa shape index (κ2) is 13.0. The first kappa shape index (κ1) is 29.5. The number of rotatable bonds is 8. The Balaban J connectivity index is 1.28. The van der Waals surface area contributed by atoms with Crippen molar-refractivity contribution < 1.29 is 14.4 Å². The lowest BCUT2D eigenvalue weighted by molar-refractivity contribution is -0.141. The molecule has 1 aromatic heterocycles. The molecule has 3 amide bonds. The minimum absolute atomic E-state index is 0.0307. The van der Waals surface area contributed by atoms with Crippen LogP contribution in [0.1, 0.15) is 75.5 Å². The average Bonchev–Trinajstić information content (AvgIpc) is 3.65. The number of benzene rings is 1. The lowest BCUT2D eigenvalue weighted by Gasteiger charge is -2.36. The summed E-state index contributed by atoms with van der Waals surface area (Å²) in [6, 6.07) is 8.72. The molecule has 3 N–H and O–H groups in total. The third kappa shape index (κ3) is 5.98. The number of nitrogens with one attached hydrogen (secondary N) is 3. The number of fused-ring (bicyclic) bond motifs is 2. The van der Waals surface area contributed by atoms with Crippen LogP contribution >= 0.6 is 0 Å². The average molecular weight is 588 g/mol. The zero-order valence-corrected chi connectivity index (χ0v) is 25.4. The van der Waals surface area contributed by atoms with Crippen molar-refractivity contribution in [2.24, 2.45) is 11.8 Å². The molecular formula is C33H45N7O3. The number of likely N-dealkylation sites (tertiary alicyclic amines) is 1. The Labute approximate surface area is 254 Å². The Kier molecular flexibility index (Phi) is 8.93. The first-order chi connectivity index (χ1) is 21.0. The summed E-state index contributed by atoms with van der Waals surface area (Å²) in [5.41, 5.74) is 2.49. The molecule has 0 bridgehead atoms. The van der Waals surface area contributed by atoms with Gasteiger partial charge in [0, 0.05) is 25.5 Å². The maximum absolute atomic E-state index is 14.5. The molecule has 230 valence electrons. The Morgan fingerprint density at radius 2 is 1.72 bits per heavy atom. The number of hydrogen-bond donors (Lipinski definition) is 3. The van der Waals surface area contributed by atoms with Crippen LogP contribution in [0, 0.1) is 11.8 Å². The van der Waals surface area contributed by atoms with E-state index in [0.717, 1.165) is 57.8 Å². The van der Waals surface area contributed by atoms with E-state index in [4.69, 9.17) is 0 Å². The Hall–Kier alpha value is -3.53. The van der Waals surface area contributed by atoms with Crippen LogP contribution in [0.4, 0.5) is 5.95 Å². The minimum atomic E-state index is -0.599. The van der Waals surface area contributed by atoms with Gasteiger partial charge in [-0.3, -0.25) is 14.4 Å². The summed E-state index contributed by atoms with van der Waals surface area (Å²) in [4.78, 5) is 54.9. The first-order valence-corrected chi connectivity index (χ1v) is 16.2. The highest BCUT2D eigenvalue weighted by atomic mass is 16.2. The summed E-state index contributed by atoms with van der Waals surface area (Å²) in [5, 5.41) is 9.51. The van der Waals surface area contributed by atoms with Crippen molar-refractivity contribution in [1.29, 1.82) is 0 Å². The van der Waals surface area contributed by atoms with Gasteiger partial charge in [0.25, 0.3) is 0 Å². The minimum Gasteiger partial charge on any atom is -0.349 e. The second-order valence-corrected chi connectivity index (χ2v) is 12.7. The molecule has 6 rings (SSSR count). The van der Waals surface area contributed by atoms with E-state index in [-0.39, 0.29) is 41.8 Å². The number of amides is 3. The molecule has 3 fully saturated rings. The summed E-state index contributed by atoms with van der Waals surface area (Å²) < 4.78 is 0. The highest BCUT2D eigenvalue weighted by Crippen LogP contribution is 2.40. The summed E-state index contributed by atoms with van der Waals surface area (Å²) in [5.74, 6) is -0.0181. The van der Waals surface area contributed by atoms with Crippen molar-refractivity contribution in [2.45, 2.75) is 94.9 Å². The molecule has 1 unspecified atom stereocenters. The molecular weight excluding hydrogens is 542 g/mol. The van der Waals surface area contributed by atoms with Crippen LogP contribution in [-0.4, -0.2) is 76.9 Å². The number of hydrogen-bond acceptors (Lipinski definition) is 7. The zero-order valence-electron chi connectivity index (χ0n) is 25.4. The number of nitrogens with zero attached hydrogens (tertiary/aromatic N) is 4. The van der Waals surface area contributed by atoms with Crippen molar-refractivity contribution in [2.75, 3.05) is 25.0 Å². The van der Waals surface area contributed by atoms with Crippen LogP contribution in [0.25, 0.3) is 0 Å². The standard InChI is InChI=1S/C33H45N7O3/c1-21(34-2)30(41)38-28(23-11-4-3-5-12-23)32(43)39-19-16-27-29(39)25(20-40(27)33-35-17-9-18-36-33)31(42)37-26-15-8-13-22-10-6-7-14-24(22)26/h6-7,9-10,14,17-18,21,23,25-29,34H,3-5,8,11-13,15-16,19-20H2,1-2H3,(H,37,42)(H,38,41)/t21-,25-,26?,27+,28-,29+/m0/s1. The van der Waals surface area contributed by atoms with E-state index in [0.29, 0.717) is 19.0 Å². The molecule has 10 nitrogen and oxygen atoms in total. The fourth-order valence-corrected chi connectivity index (χ4v) is 7.86. The van der Waals surface area contributed by atoms with Gasteiger partial charge in [-0.25, -0.2) is 9.97 Å². The molecule has 2 aromatic rings. The fourth-order valence-electron chi connectivity index (χ4n) is 7.86. The van der Waals surface area contributed by atoms with Crippen LogP contribution in [0.3, 0.4) is 0 Å². The molecule has 10 heteroatoms. The summed E-state index contributed by atoms with van der Waals surface area (Å²) in [6.07, 6.45) is 12.2. The van der Waals surface area contributed by atoms with Gasteiger partial charge in [-0.15, -0.1) is 0 Å². The normalized spacial score (nSPS) is 26.7. The number of aryl methyl sites for hydroxylation is 1. The van der Waals surface area contributed by atoms with Crippen LogP contribution in [0.2, 0.25) is 0 Å². The number of likely N-dealkylation sites (N-methyl/N-ethyl adjacent to an activating group) is 1. The van der Waals surface area contributed by atoms with Gasteiger partial charge in [-0.2, -0.15) is 0 Å². The second-order valence-electron chi connectivity index (χ2n) is 12.7. The quantitative estimate of drug-likeness (QED) is 0.435. The van der Waals surface area contributed by atoms with E-state index >= 15 is 0 Å². The van der Waals surface area contributed by atoms with E-state index in [1.807, 2.05) is 17.9 Å². The van der Waals surface area contributed by atoms with Gasteiger partial charge in [0.2, 0.25) is 23.7 Å². The van der Waals surface area contributed by atoms with Crippen LogP contribution < -0.4 is 20.9 Å². The van der Waals surface area contributed by atoms with Crippen molar-refractivity contribution in [3.8, 4) is 0 Å². The van der Waals surface area contributed by atoms with E-state index in [1.165, 1.54) is 11.1 Å². The number of aromatic nitrogens is 2. The monoisotopic (exact) mass is 587 g/mol. The lowest BCUT2D eigenvalue weighted by Crippen LogP contribution is -2.58. The van der Waals surface area contributed by atoms with Crippen LogP contribution in [-0.2, 0) is 20.8 Å². The first-order valence-electron chi connectivity index (χ1n) is 16.2. The smallest absolute Gasteiger partial charge is 0.245 e. The predicted octanol–water partition coefficient (Wildman–Crippen LogP) is 2.75. The predicted molar refractivity (Wildman–Crippen MR) is 164 cm³/mol. The largest absolute Gasteiger partial charge is 0.349 e. The maximum Gasteiger partial charge on any atom is 0.245 e. The Morgan fingerprint density at radius 3 is 2.49 bits per heavy atom. The van der Waals surface area contributed by atoms with Crippen molar-refractivity contribution in [1.82, 2.24) is 30.8 Å². The molecule has 1 aromatic carbocycles. The molecule has 3 heterocycles. The third-order valence-electron chi connectivity index (χ3n) is 10.3. The summed E-state index contributed by atoms with van der Waals surface area (Å²) in [6.45, 7) is 2.79. The zero-order chi connectivity index (χ0) is 29.9. The number of carbonyl (C=O) groups excluding carboxylic acids is 3. The van der Waals surface area contributed by atoms with Crippen LogP contribution in [0.15, 0.2) is 42.7 Å². The molecule has 2 aliphatic heterocycles. The van der Waals surface area contributed by atoms with E-state index in [1.54, 1.807) is 25.5 Å². The number of carbonyl (C=O) groups is 3. The topological polar surface area (TPSA) is 120 Å². The summed E-state index contributed by atoms with van der Waals surface area (Å²) >= 11 is 0. The van der Waals surface area contributed by atoms with Crippen molar-refractivity contribution in [3.05, 3.63) is 53.9 Å². The van der Waals surface area contributed by atoms with Gasteiger partial charge in [0.1, 0.15) is 6.04 Å². The fraction of sp³-hybridized carbons (Fsp3) is 0.606. The maximum atomic E-state index is 14.5. The Bertz CT molecular complexity index is 1300. The van der Waals surface area contributed by atoms with Gasteiger partial charge < -0.3 is 25.8 Å².